The first-order valence-electron chi connectivity index (χ1n) is 22.5. The molecule has 0 N–H and O–H groups in total. The Bertz CT molecular complexity index is 3570. The van der Waals surface area contributed by atoms with Crippen molar-refractivity contribution in [1.82, 2.24) is 24.5 Å². The molecule has 0 aliphatic carbocycles. The number of hydrogen-bond donors (Lipinski definition) is 0. The van der Waals surface area contributed by atoms with Gasteiger partial charge in [0, 0.05) is 47.8 Å². The summed E-state index contributed by atoms with van der Waals surface area (Å²) in [6, 6.07) is 55.0. The van der Waals surface area contributed by atoms with E-state index in [0.29, 0.717) is 11.6 Å². The van der Waals surface area contributed by atoms with E-state index in [0.717, 1.165) is 90.0 Å². The van der Waals surface area contributed by atoms with Gasteiger partial charge in [-0.25, -0.2) is 4.98 Å². The maximum absolute atomic E-state index is 6.56. The van der Waals surface area contributed by atoms with Crippen LogP contribution in [0.25, 0.3) is 94.4 Å². The van der Waals surface area contributed by atoms with E-state index in [1.165, 1.54) is 31.9 Å². The van der Waals surface area contributed by atoms with Crippen molar-refractivity contribution in [1.29, 1.82) is 0 Å². The smallest absolute Gasteiger partial charge is 0.216 e. The first kappa shape index (κ1) is 44.9. The molecule has 6 aromatic carbocycles. The number of benzene rings is 6. The van der Waals surface area contributed by atoms with Gasteiger partial charge in [-0.3, -0.25) is 9.97 Å². The molecule has 11 rings (SSSR count). The van der Waals surface area contributed by atoms with Crippen LogP contribution in [0.15, 0.2) is 150 Å². The largest absolute Gasteiger partial charge is 0.486 e. The molecule has 1 radical (unpaired) electrons. The Morgan fingerprint density at radius 2 is 1.39 bits per heavy atom. The van der Waals surface area contributed by atoms with Gasteiger partial charge in [0.25, 0.3) is 0 Å². The fourth-order valence-electron chi connectivity index (χ4n) is 9.22. The van der Waals surface area contributed by atoms with E-state index in [1.54, 1.807) is 0 Å². The van der Waals surface area contributed by atoms with Gasteiger partial charge in [-0.15, -0.1) is 18.2 Å². The number of para-hydroxylation sites is 1. The van der Waals surface area contributed by atoms with Crippen molar-refractivity contribution in [2.45, 2.75) is 58.3 Å². The summed E-state index contributed by atoms with van der Waals surface area (Å²) in [5.74, 6) is 8.76. The van der Waals surface area contributed by atoms with Crippen LogP contribution in [0.1, 0.15) is 36.2 Å². The molecule has 0 fully saturated rings. The molecule has 0 saturated carbocycles. The zero-order valence-electron chi connectivity index (χ0n) is 38.6. The second kappa shape index (κ2) is 18.2. The van der Waals surface area contributed by atoms with Gasteiger partial charge in [-0.05, 0) is 80.4 Å². The molecule has 11 aromatic rings. The first-order chi connectivity index (χ1) is 31.4. The molecule has 0 atom stereocenters. The minimum absolute atomic E-state index is 0. The summed E-state index contributed by atoms with van der Waals surface area (Å²) in [6.07, 6.45) is 3.27. The fourth-order valence-corrected chi connectivity index (χ4v) is 12.6. The van der Waals surface area contributed by atoms with E-state index in [2.05, 4.69) is 165 Å². The summed E-state index contributed by atoms with van der Waals surface area (Å²) in [4.78, 5) is 19.8. The topological polar surface area (TPSA) is 69.6 Å². The molecular weight excluding hydrogens is 1050 g/mol. The summed E-state index contributed by atoms with van der Waals surface area (Å²) in [7, 11) is 0. The van der Waals surface area contributed by atoms with Crippen LogP contribution in [0.4, 0.5) is 0 Å². The van der Waals surface area contributed by atoms with Crippen LogP contribution in [0.2, 0.25) is 17.3 Å². The number of imidazole rings is 1. The average molecular weight is 1100 g/mol. The minimum atomic E-state index is -1.91. The van der Waals surface area contributed by atoms with Gasteiger partial charge < -0.3 is 8.98 Å². The van der Waals surface area contributed by atoms with Gasteiger partial charge in [0.05, 0.1) is 33.7 Å². The van der Waals surface area contributed by atoms with Gasteiger partial charge in [-0.2, -0.15) is 0 Å². The maximum Gasteiger partial charge on any atom is 0.216 e. The van der Waals surface area contributed by atoms with Crippen LogP contribution in [0, 0.1) is 38.8 Å². The number of aromatic nitrogens is 5. The van der Waals surface area contributed by atoms with Gasteiger partial charge in [0.2, 0.25) is 5.71 Å². The maximum atomic E-state index is 6.56. The Morgan fingerprint density at radius 3 is 2.15 bits per heavy atom. The average Bonchev–Trinajstić information content (AvgIpc) is 3.87. The molecule has 0 spiro atoms. The van der Waals surface area contributed by atoms with Crippen molar-refractivity contribution in [2.24, 2.45) is 5.92 Å². The van der Waals surface area contributed by atoms with Crippen LogP contribution in [0.5, 0.6) is 0 Å². The number of hydrogen-bond acceptors (Lipinski definition) is 5. The summed E-state index contributed by atoms with van der Waals surface area (Å²) < 4.78 is 10.3. The molecule has 0 aliphatic heterocycles. The van der Waals surface area contributed by atoms with Crippen molar-refractivity contribution in [3.63, 3.8) is 0 Å². The van der Waals surface area contributed by atoms with Crippen molar-refractivity contribution >= 4 is 72.4 Å². The van der Waals surface area contributed by atoms with Crippen LogP contribution in [-0.4, -0.2) is 37.8 Å². The number of nitrogens with zero attached hydrogens (tertiary/aromatic N) is 5. The van der Waals surface area contributed by atoms with Crippen LogP contribution >= 0.6 is 0 Å². The van der Waals surface area contributed by atoms with Crippen molar-refractivity contribution in [2.75, 3.05) is 0 Å². The fraction of sp³-hybridized carbons (Fsp3) is 0.172. The molecule has 0 bridgehead atoms. The third-order valence-electron chi connectivity index (χ3n) is 12.3. The normalized spacial score (nSPS) is 11.7. The van der Waals surface area contributed by atoms with Gasteiger partial charge >= 0.3 is 148 Å². The summed E-state index contributed by atoms with van der Waals surface area (Å²) in [6.45, 7) is 10.8. The molecule has 0 aliphatic rings. The third kappa shape index (κ3) is 8.52. The second-order valence-corrected chi connectivity index (χ2v) is 29.2. The van der Waals surface area contributed by atoms with Gasteiger partial charge in [0.15, 0.2) is 0 Å². The Morgan fingerprint density at radius 1 is 0.667 bits per heavy atom. The number of rotatable bonds is 7. The Balaban J connectivity index is 0.000000188. The van der Waals surface area contributed by atoms with Crippen LogP contribution in [0.3, 0.4) is 0 Å². The van der Waals surface area contributed by atoms with Crippen LogP contribution in [-0.2, 0) is 26.5 Å². The molecule has 0 amide bonds. The Labute approximate surface area is 402 Å². The SMILES string of the molecule is CC(C)Cc1cc(-c2[c-]cc3ccccc3c2)nc[c]1[Ge]([CH3])([CH3])[CH3].Cc1ccc2c(ccc3nc(-c4[c-]ccc5c4oc4nc(-c6c(C)cccc6C)ccc45)n(-c4ccccc4)c32)n1.[Ir]. The van der Waals surface area contributed by atoms with Gasteiger partial charge in [-0.1, -0.05) is 47.3 Å². The predicted molar refractivity (Wildman–Crippen MR) is 273 cm³/mol. The minimum Gasteiger partial charge on any atom is -0.486 e. The first-order valence-corrected chi connectivity index (χ1v) is 29.8. The van der Waals surface area contributed by atoms with Crippen molar-refractivity contribution in [3.05, 3.63) is 180 Å². The monoisotopic (exact) mass is 1100 g/mol. The van der Waals surface area contributed by atoms with Gasteiger partial charge in [0.1, 0.15) is 0 Å². The summed E-state index contributed by atoms with van der Waals surface area (Å²) >= 11 is -1.91. The van der Waals surface area contributed by atoms with Crippen molar-refractivity contribution < 1.29 is 24.5 Å². The molecule has 8 heteroatoms. The molecule has 0 unspecified atom stereocenters. The Hall–Kier alpha value is -6.25. The number of aryl methyl sites for hydroxylation is 3. The molecule has 66 heavy (non-hydrogen) atoms. The number of furan rings is 1. The van der Waals surface area contributed by atoms with Crippen LogP contribution < -0.4 is 4.40 Å². The molecule has 329 valence electrons. The molecule has 0 saturated heterocycles. The van der Waals surface area contributed by atoms with E-state index in [1.807, 2.05) is 49.4 Å². The molecular formula is C58H51GeIrN5O-2. The zero-order valence-corrected chi connectivity index (χ0v) is 43.1. The summed E-state index contributed by atoms with van der Waals surface area (Å²) in [5, 5.41) is 5.48. The second-order valence-electron chi connectivity index (χ2n) is 18.6. The standard InChI is InChI=1S/C36H25N4O.C22H26GeN.Ir/c1-21-9-7-10-22(2)32(21)30-18-17-26-25-13-8-14-28(34(25)41-36(26)39-30)35-38-31-20-19-29-27(16-15-23(3)37-29)33(31)40(35)24-11-5-4-6-12-24;1-16(2)12-20-14-22(24-15-21(20)23(3,4)5)19-11-10-17-8-6-7-9-18(17)13-19;/h4-13,15-20H,1-3H3;6-10,13-16H,12H2,1-5H3;/q2*-1;. The zero-order chi connectivity index (χ0) is 45.0. The third-order valence-corrected chi connectivity index (χ3v) is 16.6. The van der Waals surface area contributed by atoms with E-state index >= 15 is 0 Å². The van der Waals surface area contributed by atoms with Crippen molar-refractivity contribution in [3.8, 4) is 39.6 Å². The number of pyridine rings is 3. The van der Waals surface area contributed by atoms with E-state index in [-0.39, 0.29) is 20.1 Å². The predicted octanol–water partition coefficient (Wildman–Crippen LogP) is 14.4. The van der Waals surface area contributed by atoms with E-state index < -0.39 is 13.3 Å². The van der Waals surface area contributed by atoms with E-state index in [9.17, 15) is 0 Å². The molecule has 5 aromatic heterocycles. The number of fused-ring (bicyclic) bond motifs is 7. The molecule has 6 nitrogen and oxygen atoms in total. The quantitative estimate of drug-likeness (QED) is 0.117. The van der Waals surface area contributed by atoms with E-state index in [4.69, 9.17) is 24.4 Å². The Kier molecular flexibility index (Phi) is 12.4. The summed E-state index contributed by atoms with van der Waals surface area (Å²) in [5.41, 5.74) is 15.0. The molecule has 5 heterocycles.